The number of piperazine rings is 1. The monoisotopic (exact) mass is 322 g/mol. The van der Waals surface area contributed by atoms with E-state index in [2.05, 4.69) is 21.3 Å². The third kappa shape index (κ3) is 4.79. The molecule has 19 heavy (non-hydrogen) atoms. The SMILES string of the molecule is Cl.Cl.N#CC[C@@H](c1ccncc1Cl)N1CCNCC1. The lowest BCUT2D eigenvalue weighted by Gasteiger charge is -2.34. The molecule has 4 nitrogen and oxygen atoms in total. The maximum Gasteiger partial charge on any atom is 0.0641 e. The lowest BCUT2D eigenvalue weighted by Crippen LogP contribution is -2.45. The highest BCUT2D eigenvalue weighted by Crippen LogP contribution is 2.29. The molecule has 1 saturated heterocycles. The predicted octanol–water partition coefficient (Wildman–Crippen LogP) is 2.44. The zero-order chi connectivity index (χ0) is 12.1. The Labute approximate surface area is 131 Å². The Bertz CT molecular complexity index is 416. The van der Waals surface area contributed by atoms with Crippen LogP contribution in [0.5, 0.6) is 0 Å². The summed E-state index contributed by atoms with van der Waals surface area (Å²) in [6, 6.07) is 4.24. The number of hydrogen-bond donors (Lipinski definition) is 1. The largest absolute Gasteiger partial charge is 0.314 e. The second kappa shape index (κ2) is 9.35. The van der Waals surface area contributed by atoms with Gasteiger partial charge in [0.2, 0.25) is 0 Å². The number of nitriles is 1. The maximum atomic E-state index is 8.97. The van der Waals surface area contributed by atoms with Crippen LogP contribution in [0.1, 0.15) is 18.0 Å². The standard InChI is InChI=1S/C12H15ClN4.2ClH/c13-11-9-16-4-2-10(11)12(1-3-14)17-7-5-15-6-8-17;;/h2,4,9,12,15H,1,5-8H2;2*1H/t12-;;/m0../s1. The molecule has 2 rings (SSSR count). The molecule has 0 amide bonds. The number of nitrogens with one attached hydrogen (secondary N) is 1. The molecular formula is C12H17Cl3N4. The molecule has 0 spiro atoms. The second-order valence-corrected chi connectivity index (χ2v) is 4.47. The first-order valence-corrected chi connectivity index (χ1v) is 6.12. The summed E-state index contributed by atoms with van der Waals surface area (Å²) in [5.74, 6) is 0. The van der Waals surface area contributed by atoms with E-state index in [0.29, 0.717) is 11.4 Å². The van der Waals surface area contributed by atoms with E-state index >= 15 is 0 Å². The van der Waals surface area contributed by atoms with Crippen molar-refractivity contribution in [2.24, 2.45) is 0 Å². The molecule has 2 heterocycles. The van der Waals surface area contributed by atoms with E-state index in [0.717, 1.165) is 31.7 Å². The number of hydrogen-bond acceptors (Lipinski definition) is 4. The van der Waals surface area contributed by atoms with Crippen molar-refractivity contribution < 1.29 is 0 Å². The van der Waals surface area contributed by atoms with Crippen LogP contribution in [-0.2, 0) is 0 Å². The van der Waals surface area contributed by atoms with Gasteiger partial charge in [0.25, 0.3) is 0 Å². The lowest BCUT2D eigenvalue weighted by atomic mass is 10.0. The molecule has 1 fully saturated rings. The minimum atomic E-state index is 0. The van der Waals surface area contributed by atoms with E-state index in [9.17, 15) is 0 Å². The molecule has 1 aliphatic rings. The Balaban J connectivity index is 0.00000162. The average Bonchev–Trinajstić information content (AvgIpc) is 2.38. The van der Waals surface area contributed by atoms with E-state index in [1.54, 1.807) is 12.4 Å². The molecule has 0 bridgehead atoms. The van der Waals surface area contributed by atoms with Gasteiger partial charge < -0.3 is 5.32 Å². The molecule has 0 aliphatic carbocycles. The first kappa shape index (κ1) is 18.4. The van der Waals surface area contributed by atoms with E-state index in [1.807, 2.05) is 6.07 Å². The Morgan fingerprint density at radius 1 is 1.42 bits per heavy atom. The topological polar surface area (TPSA) is 52.0 Å². The minimum absolute atomic E-state index is 0. The van der Waals surface area contributed by atoms with Gasteiger partial charge >= 0.3 is 0 Å². The summed E-state index contributed by atoms with van der Waals surface area (Å²) in [5, 5.41) is 12.9. The summed E-state index contributed by atoms with van der Waals surface area (Å²) in [4.78, 5) is 6.29. The molecule has 1 aromatic rings. The summed E-state index contributed by atoms with van der Waals surface area (Å²) < 4.78 is 0. The van der Waals surface area contributed by atoms with Crippen molar-refractivity contribution in [3.8, 4) is 6.07 Å². The molecular weight excluding hydrogens is 307 g/mol. The van der Waals surface area contributed by atoms with Crippen molar-refractivity contribution in [2.75, 3.05) is 26.2 Å². The van der Waals surface area contributed by atoms with Gasteiger partial charge in [-0.1, -0.05) is 11.6 Å². The van der Waals surface area contributed by atoms with Gasteiger partial charge in [-0.2, -0.15) is 5.26 Å². The van der Waals surface area contributed by atoms with Crippen LogP contribution in [-0.4, -0.2) is 36.1 Å². The van der Waals surface area contributed by atoms with Crippen molar-refractivity contribution in [2.45, 2.75) is 12.5 Å². The van der Waals surface area contributed by atoms with Crippen LogP contribution in [0, 0.1) is 11.3 Å². The van der Waals surface area contributed by atoms with E-state index in [1.165, 1.54) is 0 Å². The van der Waals surface area contributed by atoms with Crippen molar-refractivity contribution in [3.63, 3.8) is 0 Å². The van der Waals surface area contributed by atoms with Crippen LogP contribution >= 0.6 is 36.4 Å². The van der Waals surface area contributed by atoms with Crippen LogP contribution < -0.4 is 5.32 Å². The van der Waals surface area contributed by atoms with Crippen molar-refractivity contribution in [1.29, 1.82) is 5.26 Å². The summed E-state index contributed by atoms with van der Waals surface area (Å²) in [5.41, 5.74) is 1.00. The average molecular weight is 324 g/mol. The molecule has 1 N–H and O–H groups in total. The number of nitrogens with zero attached hydrogens (tertiary/aromatic N) is 3. The van der Waals surface area contributed by atoms with E-state index in [-0.39, 0.29) is 30.9 Å². The second-order valence-electron chi connectivity index (χ2n) is 4.06. The molecule has 0 aromatic carbocycles. The van der Waals surface area contributed by atoms with Crippen molar-refractivity contribution >= 4 is 36.4 Å². The maximum absolute atomic E-state index is 8.97. The summed E-state index contributed by atoms with van der Waals surface area (Å²) >= 11 is 6.16. The highest BCUT2D eigenvalue weighted by atomic mass is 35.5. The highest BCUT2D eigenvalue weighted by Gasteiger charge is 2.23. The third-order valence-electron chi connectivity index (χ3n) is 3.04. The van der Waals surface area contributed by atoms with Gasteiger partial charge in [0, 0.05) is 44.6 Å². The molecule has 7 heteroatoms. The van der Waals surface area contributed by atoms with E-state index in [4.69, 9.17) is 16.9 Å². The Kier molecular flexibility index (Phi) is 9.07. The van der Waals surface area contributed by atoms with Crippen molar-refractivity contribution in [1.82, 2.24) is 15.2 Å². The highest BCUT2D eigenvalue weighted by molar-refractivity contribution is 6.31. The molecule has 1 aliphatic heterocycles. The Morgan fingerprint density at radius 3 is 2.68 bits per heavy atom. The molecule has 1 atom stereocenters. The molecule has 0 unspecified atom stereocenters. The zero-order valence-electron chi connectivity index (χ0n) is 10.4. The predicted molar refractivity (Wildman–Crippen MR) is 81.2 cm³/mol. The van der Waals surface area contributed by atoms with Gasteiger partial charge in [0.15, 0.2) is 0 Å². The molecule has 106 valence electrons. The number of aromatic nitrogens is 1. The van der Waals surface area contributed by atoms with Crippen LogP contribution in [0.3, 0.4) is 0 Å². The lowest BCUT2D eigenvalue weighted by molar-refractivity contribution is 0.175. The summed E-state index contributed by atoms with van der Waals surface area (Å²) in [6.45, 7) is 3.82. The number of halogens is 3. The quantitative estimate of drug-likeness (QED) is 0.928. The van der Waals surface area contributed by atoms with Gasteiger partial charge in [-0.05, 0) is 11.6 Å². The fraction of sp³-hybridized carbons (Fsp3) is 0.500. The fourth-order valence-electron chi connectivity index (χ4n) is 2.17. The smallest absolute Gasteiger partial charge is 0.0641 e. The molecule has 1 aromatic heterocycles. The first-order chi connectivity index (χ1) is 8.33. The van der Waals surface area contributed by atoms with Crippen LogP contribution in [0.4, 0.5) is 0 Å². The number of pyridine rings is 1. The van der Waals surface area contributed by atoms with Crippen LogP contribution in [0.25, 0.3) is 0 Å². The Morgan fingerprint density at radius 2 is 2.11 bits per heavy atom. The zero-order valence-corrected chi connectivity index (χ0v) is 12.8. The normalized spacial score (nSPS) is 16.6. The minimum Gasteiger partial charge on any atom is -0.314 e. The number of rotatable bonds is 3. The van der Waals surface area contributed by atoms with Crippen LogP contribution in [0.15, 0.2) is 18.5 Å². The Hall–Kier alpha value is -0.570. The van der Waals surface area contributed by atoms with Gasteiger partial charge in [-0.3, -0.25) is 9.88 Å². The van der Waals surface area contributed by atoms with Gasteiger partial charge in [0.05, 0.1) is 17.5 Å². The summed E-state index contributed by atoms with van der Waals surface area (Å²) in [7, 11) is 0. The molecule has 0 saturated carbocycles. The van der Waals surface area contributed by atoms with Crippen LogP contribution in [0.2, 0.25) is 5.02 Å². The first-order valence-electron chi connectivity index (χ1n) is 5.74. The van der Waals surface area contributed by atoms with E-state index < -0.39 is 0 Å². The fourth-order valence-corrected chi connectivity index (χ4v) is 2.42. The molecule has 0 radical (unpaired) electrons. The van der Waals surface area contributed by atoms with Gasteiger partial charge in [-0.15, -0.1) is 24.8 Å². The van der Waals surface area contributed by atoms with Gasteiger partial charge in [-0.25, -0.2) is 0 Å². The summed E-state index contributed by atoms with van der Waals surface area (Å²) in [6.07, 6.45) is 3.83. The third-order valence-corrected chi connectivity index (χ3v) is 3.36. The van der Waals surface area contributed by atoms with Gasteiger partial charge in [0.1, 0.15) is 0 Å². The van der Waals surface area contributed by atoms with Crippen molar-refractivity contribution in [3.05, 3.63) is 29.0 Å².